The summed E-state index contributed by atoms with van der Waals surface area (Å²) in [6.07, 6.45) is 10.8. The van der Waals surface area contributed by atoms with E-state index in [0.717, 1.165) is 32.8 Å². The summed E-state index contributed by atoms with van der Waals surface area (Å²) in [6.45, 7) is 1.56. The van der Waals surface area contributed by atoms with Crippen molar-refractivity contribution in [3.05, 3.63) is 83.5 Å². The first kappa shape index (κ1) is 21.0. The van der Waals surface area contributed by atoms with Gasteiger partial charge in [0.05, 0.1) is 23.0 Å². The smallest absolute Gasteiger partial charge is 0.189 e. The SMILES string of the molecule is COC1=CCc2c(nc(-c3cccnc3)nc2Nc2nc3cc(C(C)=O)ccc3s2)CC=C1. The fourth-order valence-corrected chi connectivity index (χ4v) is 4.50. The zero-order valence-electron chi connectivity index (χ0n) is 18.2. The minimum Gasteiger partial charge on any atom is -0.497 e. The van der Waals surface area contributed by atoms with Crippen LogP contribution in [0.15, 0.2) is 66.7 Å². The highest BCUT2D eigenvalue weighted by atomic mass is 32.1. The fraction of sp³-hybridized carbons (Fsp3) is 0.160. The van der Waals surface area contributed by atoms with Gasteiger partial charge in [0.1, 0.15) is 11.6 Å². The highest BCUT2D eigenvalue weighted by Crippen LogP contribution is 2.32. The van der Waals surface area contributed by atoms with Gasteiger partial charge in [0.25, 0.3) is 0 Å². The summed E-state index contributed by atoms with van der Waals surface area (Å²) in [4.78, 5) is 30.4. The number of Topliss-reactive ketones (excluding diaryl/α,β-unsaturated/α-hetero) is 1. The highest BCUT2D eigenvalue weighted by Gasteiger charge is 2.18. The van der Waals surface area contributed by atoms with Gasteiger partial charge in [0, 0.05) is 35.5 Å². The minimum atomic E-state index is 0.0199. The second-order valence-electron chi connectivity index (χ2n) is 7.57. The summed E-state index contributed by atoms with van der Waals surface area (Å²) in [7, 11) is 1.66. The molecule has 5 rings (SSSR count). The number of ketones is 1. The number of methoxy groups -OCH3 is 1. The average molecular weight is 456 g/mol. The Morgan fingerprint density at radius 3 is 2.85 bits per heavy atom. The van der Waals surface area contributed by atoms with Crippen LogP contribution in [-0.4, -0.2) is 32.8 Å². The summed E-state index contributed by atoms with van der Waals surface area (Å²) in [6, 6.07) is 9.40. The number of nitrogens with zero attached hydrogens (tertiary/aromatic N) is 4. The molecule has 1 aromatic carbocycles. The largest absolute Gasteiger partial charge is 0.497 e. The summed E-state index contributed by atoms with van der Waals surface area (Å²) in [5.74, 6) is 2.13. The lowest BCUT2D eigenvalue weighted by atomic mass is 10.0. The maximum Gasteiger partial charge on any atom is 0.189 e. The summed E-state index contributed by atoms with van der Waals surface area (Å²) < 4.78 is 6.43. The number of hydrogen-bond donors (Lipinski definition) is 1. The van der Waals surface area contributed by atoms with Crippen LogP contribution in [0.4, 0.5) is 10.9 Å². The first-order valence-corrected chi connectivity index (χ1v) is 11.3. The van der Waals surface area contributed by atoms with E-state index in [1.165, 1.54) is 11.3 Å². The molecule has 0 unspecified atom stereocenters. The van der Waals surface area contributed by atoms with Crippen molar-refractivity contribution < 1.29 is 9.53 Å². The molecule has 4 aromatic rings. The van der Waals surface area contributed by atoms with Gasteiger partial charge < -0.3 is 10.1 Å². The second-order valence-corrected chi connectivity index (χ2v) is 8.60. The number of nitrogens with one attached hydrogen (secondary N) is 1. The number of carbonyl (C=O) groups is 1. The van der Waals surface area contributed by atoms with E-state index in [-0.39, 0.29) is 5.78 Å². The molecule has 0 amide bonds. The van der Waals surface area contributed by atoms with Gasteiger partial charge in [-0.15, -0.1) is 0 Å². The molecule has 0 aliphatic heterocycles. The van der Waals surface area contributed by atoms with E-state index in [1.54, 1.807) is 26.4 Å². The first-order chi connectivity index (χ1) is 16.1. The van der Waals surface area contributed by atoms with Gasteiger partial charge in [-0.05, 0) is 55.8 Å². The van der Waals surface area contributed by atoms with Crippen molar-refractivity contribution in [2.24, 2.45) is 0 Å². The summed E-state index contributed by atoms with van der Waals surface area (Å²) in [5, 5.41) is 4.12. The maximum absolute atomic E-state index is 11.7. The van der Waals surface area contributed by atoms with Gasteiger partial charge in [0.2, 0.25) is 0 Å². The zero-order valence-corrected chi connectivity index (χ0v) is 19.0. The highest BCUT2D eigenvalue weighted by molar-refractivity contribution is 7.22. The number of ether oxygens (including phenoxy) is 1. The molecule has 0 bridgehead atoms. The standard InChI is InChI=1S/C25H21N5O2S/c1-15(31)16-8-11-22-21(13-16)28-25(33-22)30-24-19-10-9-18(32-2)6-3-7-20(19)27-23(29-24)17-5-4-12-26-14-17/h3-6,8-9,11-14H,7,10H2,1-2H3,(H,27,28,29,30). The number of hydrogen-bond acceptors (Lipinski definition) is 8. The molecule has 0 spiro atoms. The molecule has 0 atom stereocenters. The molecule has 1 N–H and O–H groups in total. The summed E-state index contributed by atoms with van der Waals surface area (Å²) in [5.41, 5.74) is 4.20. The average Bonchev–Trinajstić information content (AvgIpc) is 3.22. The number of aromatic nitrogens is 4. The molecule has 0 fully saturated rings. The lowest BCUT2D eigenvalue weighted by Gasteiger charge is -2.16. The van der Waals surface area contributed by atoms with Crippen molar-refractivity contribution in [3.63, 3.8) is 0 Å². The van der Waals surface area contributed by atoms with Crippen molar-refractivity contribution in [2.75, 3.05) is 12.4 Å². The monoisotopic (exact) mass is 455 g/mol. The topological polar surface area (TPSA) is 89.9 Å². The Bertz CT molecular complexity index is 1410. The van der Waals surface area contributed by atoms with Crippen LogP contribution in [0.3, 0.4) is 0 Å². The third kappa shape index (κ3) is 4.38. The number of benzene rings is 1. The number of allylic oxidation sites excluding steroid dienone is 3. The van der Waals surface area contributed by atoms with Crippen LogP contribution in [-0.2, 0) is 17.6 Å². The molecule has 7 nitrogen and oxygen atoms in total. The predicted octanol–water partition coefficient (Wildman–Crippen LogP) is 5.28. The van der Waals surface area contributed by atoms with Gasteiger partial charge in [-0.25, -0.2) is 15.0 Å². The molecular weight excluding hydrogens is 434 g/mol. The number of anilines is 2. The Labute approximate surface area is 194 Å². The predicted molar refractivity (Wildman–Crippen MR) is 130 cm³/mol. The van der Waals surface area contributed by atoms with E-state index in [2.05, 4.69) is 10.3 Å². The van der Waals surface area contributed by atoms with E-state index in [0.29, 0.717) is 35.2 Å². The van der Waals surface area contributed by atoms with Crippen molar-refractivity contribution in [1.29, 1.82) is 0 Å². The van der Waals surface area contributed by atoms with E-state index >= 15 is 0 Å². The van der Waals surface area contributed by atoms with Gasteiger partial charge in [-0.3, -0.25) is 9.78 Å². The van der Waals surface area contributed by atoms with Gasteiger partial charge >= 0.3 is 0 Å². The lowest BCUT2D eigenvalue weighted by molar-refractivity contribution is 0.101. The molecule has 3 heterocycles. The van der Waals surface area contributed by atoms with E-state index in [9.17, 15) is 4.79 Å². The Balaban J connectivity index is 1.60. The van der Waals surface area contributed by atoms with Gasteiger partial charge in [-0.1, -0.05) is 17.4 Å². The first-order valence-electron chi connectivity index (χ1n) is 10.5. The number of carbonyl (C=O) groups excluding carboxylic acids is 1. The molecule has 0 saturated heterocycles. The summed E-state index contributed by atoms with van der Waals surface area (Å²) >= 11 is 1.52. The molecular formula is C25H21N5O2S. The molecule has 0 radical (unpaired) electrons. The molecule has 3 aromatic heterocycles. The number of fused-ring (bicyclic) bond motifs is 2. The molecule has 33 heavy (non-hydrogen) atoms. The Kier molecular flexibility index (Phi) is 5.66. The quantitative estimate of drug-likeness (QED) is 0.410. The second kappa shape index (κ2) is 8.91. The van der Waals surface area contributed by atoms with Gasteiger partial charge in [-0.2, -0.15) is 0 Å². The van der Waals surface area contributed by atoms with Crippen LogP contribution in [0.25, 0.3) is 21.6 Å². The van der Waals surface area contributed by atoms with E-state index in [4.69, 9.17) is 19.7 Å². The lowest BCUT2D eigenvalue weighted by Crippen LogP contribution is -2.08. The Morgan fingerprint density at radius 2 is 2.06 bits per heavy atom. The molecule has 1 aliphatic carbocycles. The Hall–Kier alpha value is -3.91. The van der Waals surface area contributed by atoms with Crippen molar-refractivity contribution in [1.82, 2.24) is 19.9 Å². The van der Waals surface area contributed by atoms with Crippen LogP contribution in [0.2, 0.25) is 0 Å². The van der Waals surface area contributed by atoms with Gasteiger partial charge in [0.15, 0.2) is 16.7 Å². The molecule has 1 aliphatic rings. The molecule has 164 valence electrons. The molecule has 0 saturated carbocycles. The third-order valence-electron chi connectivity index (χ3n) is 5.37. The van der Waals surface area contributed by atoms with E-state index in [1.807, 2.05) is 48.6 Å². The minimum absolute atomic E-state index is 0.0199. The van der Waals surface area contributed by atoms with Crippen molar-refractivity contribution in [3.8, 4) is 11.4 Å². The fourth-order valence-electron chi connectivity index (χ4n) is 3.65. The van der Waals surface area contributed by atoms with Crippen LogP contribution >= 0.6 is 11.3 Å². The van der Waals surface area contributed by atoms with Crippen molar-refractivity contribution >= 4 is 38.3 Å². The van der Waals surface area contributed by atoms with Crippen LogP contribution in [0, 0.1) is 0 Å². The van der Waals surface area contributed by atoms with Crippen LogP contribution in [0.1, 0.15) is 28.5 Å². The number of rotatable bonds is 5. The van der Waals surface area contributed by atoms with Crippen molar-refractivity contribution in [2.45, 2.75) is 19.8 Å². The number of thiazole rings is 1. The zero-order chi connectivity index (χ0) is 22.8. The third-order valence-corrected chi connectivity index (χ3v) is 6.32. The molecule has 8 heteroatoms. The maximum atomic E-state index is 11.7. The van der Waals surface area contributed by atoms with Crippen LogP contribution in [0.5, 0.6) is 0 Å². The van der Waals surface area contributed by atoms with Crippen LogP contribution < -0.4 is 5.32 Å². The number of pyridine rings is 1. The Morgan fingerprint density at radius 1 is 1.15 bits per heavy atom. The van der Waals surface area contributed by atoms with E-state index < -0.39 is 0 Å². The normalized spacial score (nSPS) is 13.1.